The van der Waals surface area contributed by atoms with Crippen LogP contribution in [0.25, 0.3) is 0 Å². The second kappa shape index (κ2) is 4.25. The molecule has 0 bridgehead atoms. The van der Waals surface area contributed by atoms with Crippen LogP contribution < -0.4 is 9.47 Å². The van der Waals surface area contributed by atoms with Crippen LogP contribution in [0.3, 0.4) is 0 Å². The van der Waals surface area contributed by atoms with Crippen molar-refractivity contribution >= 4 is 23.3 Å². The molecule has 0 amide bonds. The van der Waals surface area contributed by atoms with Crippen molar-refractivity contribution in [3.05, 3.63) is 9.75 Å². The number of hydrogen-bond donors (Lipinski definition) is 2. The molecule has 1 aliphatic rings. The van der Waals surface area contributed by atoms with E-state index in [2.05, 4.69) is 0 Å². The van der Waals surface area contributed by atoms with Gasteiger partial charge in [0.05, 0.1) is 0 Å². The SMILES string of the molecule is CCC1COc2c(C(=O)O)sc(C(=O)O)c2O1. The molecule has 0 fully saturated rings. The van der Waals surface area contributed by atoms with E-state index in [9.17, 15) is 9.59 Å². The zero-order valence-corrected chi connectivity index (χ0v) is 9.74. The summed E-state index contributed by atoms with van der Waals surface area (Å²) in [6.07, 6.45) is 0.424. The van der Waals surface area contributed by atoms with Gasteiger partial charge < -0.3 is 19.7 Å². The van der Waals surface area contributed by atoms with Gasteiger partial charge in [-0.25, -0.2) is 9.59 Å². The molecular formula is C10H10O6S. The smallest absolute Gasteiger partial charge is 0.349 e. The molecule has 1 aliphatic heterocycles. The number of aromatic carboxylic acids is 2. The van der Waals surface area contributed by atoms with Gasteiger partial charge in [-0.3, -0.25) is 0 Å². The zero-order valence-electron chi connectivity index (χ0n) is 8.93. The minimum absolute atomic E-state index is 0.0320. The molecule has 0 spiro atoms. The highest BCUT2D eigenvalue weighted by molar-refractivity contribution is 7.16. The van der Waals surface area contributed by atoms with Gasteiger partial charge in [0, 0.05) is 0 Å². The maximum Gasteiger partial charge on any atom is 0.349 e. The molecule has 0 aromatic carbocycles. The number of thiophene rings is 1. The van der Waals surface area contributed by atoms with E-state index in [4.69, 9.17) is 19.7 Å². The van der Waals surface area contributed by atoms with Crippen molar-refractivity contribution in [2.45, 2.75) is 19.4 Å². The van der Waals surface area contributed by atoms with Crippen molar-refractivity contribution in [2.24, 2.45) is 0 Å². The molecule has 6 nitrogen and oxygen atoms in total. The molecule has 0 saturated carbocycles. The number of carbonyl (C=O) groups is 2. The average molecular weight is 258 g/mol. The third kappa shape index (κ3) is 1.93. The zero-order chi connectivity index (χ0) is 12.6. The second-order valence-corrected chi connectivity index (χ2v) is 4.51. The number of carboxylic acids is 2. The summed E-state index contributed by atoms with van der Waals surface area (Å²) in [7, 11) is 0. The normalized spacial score (nSPS) is 17.8. The van der Waals surface area contributed by atoms with Crippen LogP contribution in [-0.2, 0) is 0 Å². The largest absolute Gasteiger partial charge is 0.484 e. The Labute approximate surface area is 100 Å². The summed E-state index contributed by atoms with van der Waals surface area (Å²) in [6.45, 7) is 2.11. The first-order valence-corrected chi connectivity index (χ1v) is 5.79. The van der Waals surface area contributed by atoms with E-state index >= 15 is 0 Å². The summed E-state index contributed by atoms with van der Waals surface area (Å²) in [5.41, 5.74) is 0. The molecule has 2 heterocycles. The molecule has 0 radical (unpaired) electrons. The van der Waals surface area contributed by atoms with Crippen LogP contribution in [0.5, 0.6) is 11.5 Å². The van der Waals surface area contributed by atoms with E-state index in [1.54, 1.807) is 0 Å². The molecule has 1 aromatic heterocycles. The molecule has 0 aliphatic carbocycles. The monoisotopic (exact) mass is 258 g/mol. The molecule has 1 atom stereocenters. The lowest BCUT2D eigenvalue weighted by molar-refractivity contribution is 0.0632. The van der Waals surface area contributed by atoms with Crippen LogP contribution in [0.4, 0.5) is 0 Å². The van der Waals surface area contributed by atoms with Crippen molar-refractivity contribution < 1.29 is 29.3 Å². The summed E-state index contributed by atoms with van der Waals surface area (Å²) >= 11 is 0.655. The van der Waals surface area contributed by atoms with Crippen LogP contribution >= 0.6 is 11.3 Å². The van der Waals surface area contributed by atoms with Crippen molar-refractivity contribution in [3.63, 3.8) is 0 Å². The quantitative estimate of drug-likeness (QED) is 0.857. The summed E-state index contributed by atoms with van der Waals surface area (Å²) in [5, 5.41) is 17.9. The highest BCUT2D eigenvalue weighted by Crippen LogP contribution is 2.45. The van der Waals surface area contributed by atoms with Crippen LogP contribution in [0.2, 0.25) is 0 Å². The third-order valence-corrected chi connectivity index (χ3v) is 3.49. The van der Waals surface area contributed by atoms with Gasteiger partial charge in [0.1, 0.15) is 12.7 Å². The van der Waals surface area contributed by atoms with Gasteiger partial charge in [0.2, 0.25) is 0 Å². The fraction of sp³-hybridized carbons (Fsp3) is 0.400. The Morgan fingerprint density at radius 3 is 2.41 bits per heavy atom. The topological polar surface area (TPSA) is 93.1 Å². The van der Waals surface area contributed by atoms with Crippen molar-refractivity contribution in [3.8, 4) is 11.5 Å². The molecule has 2 N–H and O–H groups in total. The minimum atomic E-state index is -1.21. The fourth-order valence-corrected chi connectivity index (χ4v) is 2.36. The molecular weight excluding hydrogens is 248 g/mol. The lowest BCUT2D eigenvalue weighted by Gasteiger charge is -2.24. The van der Waals surface area contributed by atoms with Crippen LogP contribution in [0, 0.1) is 0 Å². The van der Waals surface area contributed by atoms with Gasteiger partial charge in [-0.15, -0.1) is 11.3 Å². The Morgan fingerprint density at radius 1 is 1.29 bits per heavy atom. The van der Waals surface area contributed by atoms with Gasteiger partial charge in [-0.2, -0.15) is 0 Å². The van der Waals surface area contributed by atoms with Gasteiger partial charge in [0.25, 0.3) is 0 Å². The predicted octanol–water partition coefficient (Wildman–Crippen LogP) is 1.69. The van der Waals surface area contributed by atoms with Crippen LogP contribution in [0.15, 0.2) is 0 Å². The van der Waals surface area contributed by atoms with E-state index in [0.717, 1.165) is 0 Å². The molecule has 0 saturated heterocycles. The number of fused-ring (bicyclic) bond motifs is 1. The molecule has 1 aromatic rings. The number of hydrogen-bond acceptors (Lipinski definition) is 5. The van der Waals surface area contributed by atoms with E-state index in [1.165, 1.54) is 0 Å². The Balaban J connectivity index is 2.50. The van der Waals surface area contributed by atoms with Crippen molar-refractivity contribution in [1.82, 2.24) is 0 Å². The molecule has 7 heteroatoms. The van der Waals surface area contributed by atoms with E-state index < -0.39 is 11.9 Å². The van der Waals surface area contributed by atoms with Crippen molar-refractivity contribution in [1.29, 1.82) is 0 Å². The second-order valence-electron chi connectivity index (χ2n) is 3.49. The highest BCUT2D eigenvalue weighted by Gasteiger charge is 2.33. The first kappa shape index (κ1) is 11.7. The Morgan fingerprint density at radius 2 is 1.88 bits per heavy atom. The molecule has 2 rings (SSSR count). The third-order valence-electron chi connectivity index (χ3n) is 2.36. The maximum atomic E-state index is 11.0. The highest BCUT2D eigenvalue weighted by atomic mass is 32.1. The minimum Gasteiger partial charge on any atom is -0.484 e. The summed E-state index contributed by atoms with van der Waals surface area (Å²) in [5.74, 6) is -2.35. The lowest BCUT2D eigenvalue weighted by Crippen LogP contribution is -2.28. The summed E-state index contributed by atoms with van der Waals surface area (Å²) in [4.78, 5) is 21.7. The van der Waals surface area contributed by atoms with Gasteiger partial charge in [0.15, 0.2) is 21.3 Å². The molecule has 17 heavy (non-hydrogen) atoms. The summed E-state index contributed by atoms with van der Waals surface area (Å²) in [6, 6.07) is 0. The van der Waals surface area contributed by atoms with Crippen molar-refractivity contribution in [2.75, 3.05) is 6.61 Å². The van der Waals surface area contributed by atoms with Gasteiger partial charge in [-0.05, 0) is 6.42 Å². The Hall–Kier alpha value is -1.76. The fourth-order valence-electron chi connectivity index (χ4n) is 1.50. The number of carboxylic acid groups (broad SMARTS) is 2. The van der Waals surface area contributed by atoms with Crippen LogP contribution in [-0.4, -0.2) is 34.9 Å². The first-order chi connectivity index (χ1) is 8.04. The van der Waals surface area contributed by atoms with Gasteiger partial charge in [-0.1, -0.05) is 6.92 Å². The summed E-state index contributed by atoms with van der Waals surface area (Å²) < 4.78 is 10.7. The number of rotatable bonds is 3. The standard InChI is InChI=1S/C10H10O6S/c1-2-4-3-15-5-6(16-4)8(10(13)14)17-7(5)9(11)12/h4H,2-3H2,1H3,(H,11,12)(H,13,14). The maximum absolute atomic E-state index is 11.0. The predicted molar refractivity (Wildman–Crippen MR) is 58.4 cm³/mol. The number of ether oxygens (including phenoxy) is 2. The Kier molecular flexibility index (Phi) is 2.93. The molecule has 92 valence electrons. The van der Waals surface area contributed by atoms with Gasteiger partial charge >= 0.3 is 11.9 Å². The van der Waals surface area contributed by atoms with E-state index in [0.29, 0.717) is 17.8 Å². The molecule has 1 unspecified atom stereocenters. The van der Waals surface area contributed by atoms with Crippen LogP contribution in [0.1, 0.15) is 32.7 Å². The van der Waals surface area contributed by atoms with E-state index in [-0.39, 0.29) is 34.0 Å². The Bertz CT molecular complexity index is 477. The lowest BCUT2D eigenvalue weighted by atomic mass is 10.2. The van der Waals surface area contributed by atoms with E-state index in [1.807, 2.05) is 6.92 Å². The first-order valence-electron chi connectivity index (χ1n) is 4.97. The average Bonchev–Trinajstić information content (AvgIpc) is 2.67.